The Labute approximate surface area is 111 Å². The Hall–Kier alpha value is -1.86. The average molecular weight is 281 g/mol. The lowest BCUT2D eigenvalue weighted by atomic mass is 10.3. The summed E-state index contributed by atoms with van der Waals surface area (Å²) in [6, 6.07) is 5.75. The molecule has 2 rings (SSSR count). The third-order valence-electron chi connectivity index (χ3n) is 2.58. The molecular weight excluding hydrogens is 266 g/mol. The molecule has 0 fully saturated rings. The van der Waals surface area contributed by atoms with Crippen molar-refractivity contribution in [2.24, 2.45) is 0 Å². The summed E-state index contributed by atoms with van der Waals surface area (Å²) < 4.78 is 32.2. The molecule has 0 aliphatic carbocycles. The Balaban J connectivity index is 2.22. The summed E-state index contributed by atoms with van der Waals surface area (Å²) in [5.74, 6) is 1.45. The molecule has 0 aliphatic heterocycles. The van der Waals surface area contributed by atoms with Gasteiger partial charge in [-0.05, 0) is 32.0 Å². The van der Waals surface area contributed by atoms with Crippen LogP contribution in [0.5, 0.6) is 0 Å². The van der Waals surface area contributed by atoms with Crippen LogP contribution in [0.15, 0.2) is 39.8 Å². The molecule has 2 aromatic rings. The first-order chi connectivity index (χ1) is 8.88. The van der Waals surface area contributed by atoms with Gasteiger partial charge in [0.05, 0.1) is 10.9 Å². The molecule has 1 atom stereocenters. The zero-order valence-corrected chi connectivity index (χ0v) is 11.4. The van der Waals surface area contributed by atoms with Gasteiger partial charge in [0.1, 0.15) is 17.3 Å². The molecule has 7 heteroatoms. The van der Waals surface area contributed by atoms with Crippen LogP contribution in [0.2, 0.25) is 0 Å². The summed E-state index contributed by atoms with van der Waals surface area (Å²) in [4.78, 5) is 3.84. The second-order valence-corrected chi connectivity index (χ2v) is 5.92. The van der Waals surface area contributed by atoms with Crippen LogP contribution in [0, 0.1) is 6.92 Å². The first kappa shape index (κ1) is 13.6. The summed E-state index contributed by atoms with van der Waals surface area (Å²) in [6.07, 6.45) is 1.35. The van der Waals surface area contributed by atoms with E-state index in [1.165, 1.54) is 18.3 Å². The lowest BCUT2D eigenvalue weighted by Crippen LogP contribution is -2.26. The Morgan fingerprint density at radius 3 is 2.68 bits per heavy atom. The summed E-state index contributed by atoms with van der Waals surface area (Å²) in [5.41, 5.74) is 5.48. The molecule has 0 radical (unpaired) electrons. The number of nitrogens with zero attached hydrogens (tertiary/aromatic N) is 1. The van der Waals surface area contributed by atoms with Gasteiger partial charge in [-0.2, -0.15) is 0 Å². The van der Waals surface area contributed by atoms with Crippen molar-refractivity contribution < 1.29 is 12.8 Å². The molecule has 0 bridgehead atoms. The Bertz CT molecular complexity index is 679. The quantitative estimate of drug-likeness (QED) is 0.887. The first-order valence-corrected chi connectivity index (χ1v) is 7.17. The van der Waals surface area contributed by atoms with Crippen molar-refractivity contribution in [3.63, 3.8) is 0 Å². The van der Waals surface area contributed by atoms with E-state index in [0.717, 1.165) is 5.76 Å². The number of nitrogens with two attached hydrogens (primary N) is 1. The molecule has 2 aromatic heterocycles. The van der Waals surface area contributed by atoms with E-state index < -0.39 is 16.1 Å². The van der Waals surface area contributed by atoms with Crippen LogP contribution in [0.3, 0.4) is 0 Å². The number of anilines is 1. The summed E-state index contributed by atoms with van der Waals surface area (Å²) in [6.45, 7) is 3.51. The van der Waals surface area contributed by atoms with E-state index in [1.807, 2.05) is 0 Å². The fourth-order valence-corrected chi connectivity index (χ4v) is 2.87. The highest BCUT2D eigenvalue weighted by Crippen LogP contribution is 2.19. The van der Waals surface area contributed by atoms with Crippen LogP contribution < -0.4 is 10.5 Å². The van der Waals surface area contributed by atoms with Crippen LogP contribution in [0.1, 0.15) is 24.5 Å². The van der Waals surface area contributed by atoms with Gasteiger partial charge in [0.2, 0.25) is 10.0 Å². The molecule has 102 valence electrons. The first-order valence-electron chi connectivity index (χ1n) is 5.69. The minimum absolute atomic E-state index is 0.0788. The van der Waals surface area contributed by atoms with Crippen molar-refractivity contribution in [3.8, 4) is 0 Å². The van der Waals surface area contributed by atoms with Gasteiger partial charge in [0.25, 0.3) is 0 Å². The van der Waals surface area contributed by atoms with E-state index in [2.05, 4.69) is 9.71 Å². The Kier molecular flexibility index (Phi) is 3.59. The predicted molar refractivity (Wildman–Crippen MR) is 70.8 cm³/mol. The monoisotopic (exact) mass is 281 g/mol. The molecule has 19 heavy (non-hydrogen) atoms. The number of furan rings is 1. The number of aryl methyl sites for hydroxylation is 1. The van der Waals surface area contributed by atoms with Crippen LogP contribution >= 0.6 is 0 Å². The van der Waals surface area contributed by atoms with Gasteiger partial charge >= 0.3 is 0 Å². The molecule has 0 saturated carbocycles. The molecule has 2 heterocycles. The van der Waals surface area contributed by atoms with Crippen molar-refractivity contribution in [1.29, 1.82) is 0 Å². The number of sulfonamides is 1. The van der Waals surface area contributed by atoms with Crippen molar-refractivity contribution in [1.82, 2.24) is 9.71 Å². The van der Waals surface area contributed by atoms with Gasteiger partial charge in [0, 0.05) is 12.3 Å². The summed E-state index contributed by atoms with van der Waals surface area (Å²) in [5, 5.41) is 0. The molecular formula is C12H15N3O3S. The molecule has 3 N–H and O–H groups in total. The van der Waals surface area contributed by atoms with Gasteiger partial charge in [-0.15, -0.1) is 0 Å². The number of hydrogen-bond donors (Lipinski definition) is 2. The van der Waals surface area contributed by atoms with Crippen molar-refractivity contribution in [2.45, 2.75) is 24.8 Å². The molecule has 6 nitrogen and oxygen atoms in total. The highest BCUT2D eigenvalue weighted by Gasteiger charge is 2.20. The molecule has 0 spiro atoms. The highest BCUT2D eigenvalue weighted by molar-refractivity contribution is 7.89. The van der Waals surface area contributed by atoms with Crippen LogP contribution in [0.4, 0.5) is 5.82 Å². The maximum atomic E-state index is 12.1. The van der Waals surface area contributed by atoms with Crippen LogP contribution in [-0.4, -0.2) is 13.4 Å². The smallest absolute Gasteiger partial charge is 0.241 e. The van der Waals surface area contributed by atoms with E-state index in [4.69, 9.17) is 10.2 Å². The fraction of sp³-hybridized carbons (Fsp3) is 0.250. The standard InChI is InChI=1S/C12H15N3O3S/c1-8-3-4-11(18-8)9(2)15-19(16,17)10-5-6-14-12(13)7-10/h3-7,9,15H,1-2H3,(H2,13,14). The van der Waals surface area contributed by atoms with E-state index in [1.54, 1.807) is 26.0 Å². The predicted octanol–water partition coefficient (Wildman–Crippen LogP) is 1.60. The van der Waals surface area contributed by atoms with Crippen molar-refractivity contribution in [2.75, 3.05) is 5.73 Å². The number of rotatable bonds is 4. The number of nitrogen functional groups attached to an aromatic ring is 1. The van der Waals surface area contributed by atoms with Crippen molar-refractivity contribution in [3.05, 3.63) is 42.0 Å². The maximum Gasteiger partial charge on any atom is 0.241 e. The third-order valence-corrected chi connectivity index (χ3v) is 4.12. The van der Waals surface area contributed by atoms with E-state index >= 15 is 0 Å². The minimum atomic E-state index is -3.65. The molecule has 0 aliphatic rings. The topological polar surface area (TPSA) is 98.2 Å². The normalized spacial score (nSPS) is 13.4. The zero-order valence-electron chi connectivity index (χ0n) is 10.6. The van der Waals surface area contributed by atoms with Gasteiger partial charge in [-0.1, -0.05) is 0 Å². The summed E-state index contributed by atoms with van der Waals surface area (Å²) in [7, 11) is -3.65. The molecule has 1 unspecified atom stereocenters. The summed E-state index contributed by atoms with van der Waals surface area (Å²) >= 11 is 0. The largest absolute Gasteiger partial charge is 0.465 e. The lowest BCUT2D eigenvalue weighted by Gasteiger charge is -2.12. The lowest BCUT2D eigenvalue weighted by molar-refractivity contribution is 0.441. The van der Waals surface area contributed by atoms with Gasteiger partial charge in [0.15, 0.2) is 0 Å². The second kappa shape index (κ2) is 5.02. The molecule has 0 amide bonds. The molecule has 0 saturated heterocycles. The van der Waals surface area contributed by atoms with E-state index in [9.17, 15) is 8.42 Å². The minimum Gasteiger partial charge on any atom is -0.465 e. The zero-order chi connectivity index (χ0) is 14.0. The number of aromatic nitrogens is 1. The Morgan fingerprint density at radius 2 is 2.11 bits per heavy atom. The highest BCUT2D eigenvalue weighted by atomic mass is 32.2. The second-order valence-electron chi connectivity index (χ2n) is 4.21. The van der Waals surface area contributed by atoms with Crippen molar-refractivity contribution >= 4 is 15.8 Å². The fourth-order valence-electron chi connectivity index (χ4n) is 1.64. The van der Waals surface area contributed by atoms with E-state index in [-0.39, 0.29) is 10.7 Å². The number of hydrogen-bond acceptors (Lipinski definition) is 5. The van der Waals surface area contributed by atoms with E-state index in [0.29, 0.717) is 5.76 Å². The molecule has 0 aromatic carbocycles. The van der Waals surface area contributed by atoms with Crippen LogP contribution in [0.25, 0.3) is 0 Å². The van der Waals surface area contributed by atoms with Gasteiger partial charge < -0.3 is 10.2 Å². The Morgan fingerprint density at radius 1 is 1.37 bits per heavy atom. The SMILES string of the molecule is Cc1ccc(C(C)NS(=O)(=O)c2ccnc(N)c2)o1. The van der Waals surface area contributed by atoms with Gasteiger partial charge in [-0.3, -0.25) is 0 Å². The van der Waals surface area contributed by atoms with Gasteiger partial charge in [-0.25, -0.2) is 18.1 Å². The third kappa shape index (κ3) is 3.12. The van der Waals surface area contributed by atoms with Crippen LogP contribution in [-0.2, 0) is 10.0 Å². The number of nitrogens with one attached hydrogen (secondary N) is 1. The number of pyridine rings is 1. The average Bonchev–Trinajstić information content (AvgIpc) is 2.75. The maximum absolute atomic E-state index is 12.1.